The second-order valence-corrected chi connectivity index (χ2v) is 4.88. The SMILES string of the molecule is NC(CNCc1ccc2c(c1)CCCO2)CC(=O)O. The van der Waals surface area contributed by atoms with E-state index >= 15 is 0 Å². The van der Waals surface area contributed by atoms with Gasteiger partial charge in [-0.2, -0.15) is 0 Å². The lowest BCUT2D eigenvalue weighted by molar-refractivity contribution is -0.137. The number of fused-ring (bicyclic) bond motifs is 1. The molecular formula is C14H20N2O3. The van der Waals surface area contributed by atoms with Gasteiger partial charge in [-0.15, -0.1) is 0 Å². The third kappa shape index (κ3) is 4.22. The van der Waals surface area contributed by atoms with Gasteiger partial charge in [-0.1, -0.05) is 12.1 Å². The monoisotopic (exact) mass is 264 g/mol. The molecule has 104 valence electrons. The number of carboxylic acids is 1. The molecule has 0 saturated carbocycles. The molecule has 1 aromatic rings. The molecular weight excluding hydrogens is 244 g/mol. The lowest BCUT2D eigenvalue weighted by Crippen LogP contribution is -2.35. The van der Waals surface area contributed by atoms with Gasteiger partial charge in [-0.25, -0.2) is 0 Å². The standard InChI is InChI=1S/C14H20N2O3/c15-12(7-14(17)18)9-16-8-10-3-4-13-11(6-10)2-1-5-19-13/h3-4,6,12,16H,1-2,5,7-9,15H2,(H,17,18). The van der Waals surface area contributed by atoms with Crippen molar-refractivity contribution in [3.8, 4) is 5.75 Å². The van der Waals surface area contributed by atoms with E-state index in [2.05, 4.69) is 11.4 Å². The van der Waals surface area contributed by atoms with E-state index in [4.69, 9.17) is 15.6 Å². The first kappa shape index (κ1) is 13.8. The van der Waals surface area contributed by atoms with Crippen LogP contribution in [0.2, 0.25) is 0 Å². The number of nitrogens with one attached hydrogen (secondary N) is 1. The van der Waals surface area contributed by atoms with Gasteiger partial charge in [-0.3, -0.25) is 4.79 Å². The first-order valence-corrected chi connectivity index (χ1v) is 6.58. The van der Waals surface area contributed by atoms with E-state index in [1.165, 1.54) is 11.1 Å². The minimum atomic E-state index is -0.861. The highest BCUT2D eigenvalue weighted by atomic mass is 16.5. The number of carbonyl (C=O) groups is 1. The summed E-state index contributed by atoms with van der Waals surface area (Å²) in [5.41, 5.74) is 8.11. The maximum absolute atomic E-state index is 10.5. The molecule has 0 fully saturated rings. The number of hydrogen-bond donors (Lipinski definition) is 3. The number of hydrogen-bond acceptors (Lipinski definition) is 4. The highest BCUT2D eigenvalue weighted by Gasteiger charge is 2.11. The Balaban J connectivity index is 1.81. The predicted octanol–water partition coefficient (Wildman–Crippen LogP) is 0.903. The summed E-state index contributed by atoms with van der Waals surface area (Å²) < 4.78 is 5.56. The van der Waals surface area contributed by atoms with Gasteiger partial charge in [0.2, 0.25) is 0 Å². The van der Waals surface area contributed by atoms with E-state index in [9.17, 15) is 4.79 Å². The van der Waals surface area contributed by atoms with Gasteiger partial charge in [0.15, 0.2) is 0 Å². The third-order valence-corrected chi connectivity index (χ3v) is 3.15. The van der Waals surface area contributed by atoms with Crippen molar-refractivity contribution in [3.05, 3.63) is 29.3 Å². The Morgan fingerprint density at radius 2 is 2.37 bits per heavy atom. The van der Waals surface area contributed by atoms with Crippen LogP contribution in [0.5, 0.6) is 5.75 Å². The summed E-state index contributed by atoms with van der Waals surface area (Å²) in [5, 5.41) is 11.8. The van der Waals surface area contributed by atoms with Crippen LogP contribution in [0.25, 0.3) is 0 Å². The highest BCUT2D eigenvalue weighted by Crippen LogP contribution is 2.25. The molecule has 5 heteroatoms. The van der Waals surface area contributed by atoms with Crippen molar-refractivity contribution >= 4 is 5.97 Å². The number of carboxylic acid groups (broad SMARTS) is 1. The van der Waals surface area contributed by atoms with Crippen molar-refractivity contribution in [1.29, 1.82) is 0 Å². The van der Waals surface area contributed by atoms with E-state index in [-0.39, 0.29) is 12.5 Å². The molecule has 1 unspecified atom stereocenters. The smallest absolute Gasteiger partial charge is 0.304 e. The molecule has 0 aromatic heterocycles. The van der Waals surface area contributed by atoms with Gasteiger partial charge in [0.05, 0.1) is 13.0 Å². The van der Waals surface area contributed by atoms with E-state index in [0.29, 0.717) is 13.1 Å². The second kappa shape index (κ2) is 6.54. The zero-order valence-electron chi connectivity index (χ0n) is 10.9. The van der Waals surface area contributed by atoms with Crippen LogP contribution < -0.4 is 15.8 Å². The minimum absolute atomic E-state index is 0.00890. The van der Waals surface area contributed by atoms with Crippen LogP contribution in [0.4, 0.5) is 0 Å². The molecule has 2 rings (SSSR count). The zero-order chi connectivity index (χ0) is 13.7. The molecule has 1 aromatic carbocycles. The van der Waals surface area contributed by atoms with Crippen molar-refractivity contribution < 1.29 is 14.6 Å². The van der Waals surface area contributed by atoms with Gasteiger partial charge in [-0.05, 0) is 30.0 Å². The molecule has 4 N–H and O–H groups in total. The van der Waals surface area contributed by atoms with Crippen LogP contribution in [0.3, 0.4) is 0 Å². The number of ether oxygens (including phenoxy) is 1. The van der Waals surface area contributed by atoms with Crippen LogP contribution in [0.15, 0.2) is 18.2 Å². The minimum Gasteiger partial charge on any atom is -0.493 e. The summed E-state index contributed by atoms with van der Waals surface area (Å²) in [6.07, 6.45) is 2.11. The fourth-order valence-electron chi connectivity index (χ4n) is 2.22. The largest absolute Gasteiger partial charge is 0.493 e. The van der Waals surface area contributed by atoms with Crippen LogP contribution in [-0.2, 0) is 17.8 Å². The number of benzene rings is 1. The second-order valence-electron chi connectivity index (χ2n) is 4.88. The van der Waals surface area contributed by atoms with Crippen LogP contribution in [0.1, 0.15) is 24.0 Å². The maximum atomic E-state index is 10.5. The van der Waals surface area contributed by atoms with E-state index in [0.717, 1.165) is 25.2 Å². The molecule has 0 bridgehead atoms. The predicted molar refractivity (Wildman–Crippen MR) is 72.2 cm³/mol. The Bertz CT molecular complexity index is 448. The van der Waals surface area contributed by atoms with E-state index in [1.54, 1.807) is 0 Å². The summed E-state index contributed by atoms with van der Waals surface area (Å²) in [4.78, 5) is 10.5. The molecule has 1 heterocycles. The molecule has 0 radical (unpaired) electrons. The Morgan fingerprint density at radius 1 is 1.53 bits per heavy atom. The number of nitrogens with two attached hydrogens (primary N) is 1. The molecule has 0 spiro atoms. The van der Waals surface area contributed by atoms with Crippen molar-refractivity contribution in [2.24, 2.45) is 5.73 Å². The van der Waals surface area contributed by atoms with E-state index < -0.39 is 5.97 Å². The van der Waals surface area contributed by atoms with Gasteiger partial charge in [0.1, 0.15) is 5.75 Å². The molecule has 1 aliphatic rings. The van der Waals surface area contributed by atoms with Crippen molar-refractivity contribution in [2.45, 2.75) is 31.8 Å². The first-order valence-electron chi connectivity index (χ1n) is 6.58. The summed E-state index contributed by atoms with van der Waals surface area (Å²) in [6, 6.07) is 5.82. The molecule has 0 amide bonds. The van der Waals surface area contributed by atoms with Gasteiger partial charge < -0.3 is 20.9 Å². The highest BCUT2D eigenvalue weighted by molar-refractivity contribution is 5.67. The van der Waals surface area contributed by atoms with Crippen LogP contribution in [-0.4, -0.2) is 30.3 Å². The Morgan fingerprint density at radius 3 is 3.16 bits per heavy atom. The number of aliphatic carboxylic acids is 1. The molecule has 0 saturated heterocycles. The summed E-state index contributed by atoms with van der Waals surface area (Å²) in [6.45, 7) is 2.00. The summed E-state index contributed by atoms with van der Waals surface area (Å²) >= 11 is 0. The zero-order valence-corrected chi connectivity index (χ0v) is 10.9. The Labute approximate surface area is 112 Å². The average molecular weight is 264 g/mol. The quantitative estimate of drug-likeness (QED) is 0.711. The summed E-state index contributed by atoms with van der Waals surface area (Å²) in [7, 11) is 0. The fourth-order valence-corrected chi connectivity index (χ4v) is 2.22. The van der Waals surface area contributed by atoms with Gasteiger partial charge in [0.25, 0.3) is 0 Å². The molecule has 0 aliphatic carbocycles. The third-order valence-electron chi connectivity index (χ3n) is 3.15. The average Bonchev–Trinajstić information content (AvgIpc) is 2.37. The van der Waals surface area contributed by atoms with Gasteiger partial charge in [0, 0.05) is 19.1 Å². The Kier molecular flexibility index (Phi) is 4.76. The van der Waals surface area contributed by atoms with E-state index in [1.807, 2.05) is 12.1 Å². The van der Waals surface area contributed by atoms with Crippen LogP contribution in [0, 0.1) is 0 Å². The van der Waals surface area contributed by atoms with Crippen molar-refractivity contribution in [3.63, 3.8) is 0 Å². The Hall–Kier alpha value is -1.59. The fraction of sp³-hybridized carbons (Fsp3) is 0.500. The summed E-state index contributed by atoms with van der Waals surface area (Å²) in [5.74, 6) is 0.123. The molecule has 1 aliphatic heterocycles. The van der Waals surface area contributed by atoms with Crippen LogP contribution >= 0.6 is 0 Å². The lowest BCUT2D eigenvalue weighted by atomic mass is 10.0. The molecule has 5 nitrogen and oxygen atoms in total. The maximum Gasteiger partial charge on any atom is 0.304 e. The normalized spacial score (nSPS) is 15.4. The van der Waals surface area contributed by atoms with Gasteiger partial charge >= 0.3 is 5.97 Å². The first-order chi connectivity index (χ1) is 9.15. The molecule has 1 atom stereocenters. The molecule has 19 heavy (non-hydrogen) atoms. The topological polar surface area (TPSA) is 84.6 Å². The number of rotatable bonds is 6. The van der Waals surface area contributed by atoms with Crippen molar-refractivity contribution in [1.82, 2.24) is 5.32 Å². The lowest BCUT2D eigenvalue weighted by Gasteiger charge is -2.18. The van der Waals surface area contributed by atoms with Crippen molar-refractivity contribution in [2.75, 3.05) is 13.2 Å². The number of aryl methyl sites for hydroxylation is 1.